The molecule has 3 nitrogen and oxygen atoms in total. The third-order valence-corrected chi connectivity index (χ3v) is 1.94. The van der Waals surface area contributed by atoms with Gasteiger partial charge in [-0.05, 0) is 5.41 Å². The second kappa shape index (κ2) is 3.37. The standard InChI is InChI=1S/C11H21N3/c1-10(2,3)8-14-7-9(12-13-14)11(4,5)6/h7H,8H2,1-6H3. The highest BCUT2D eigenvalue weighted by atomic mass is 15.4. The molecule has 0 aliphatic rings. The topological polar surface area (TPSA) is 30.7 Å². The summed E-state index contributed by atoms with van der Waals surface area (Å²) in [6, 6.07) is 0. The van der Waals surface area contributed by atoms with Gasteiger partial charge in [0.05, 0.1) is 5.69 Å². The highest BCUT2D eigenvalue weighted by molar-refractivity contribution is 5.06. The van der Waals surface area contributed by atoms with Crippen LogP contribution in [0.5, 0.6) is 0 Å². The zero-order valence-corrected chi connectivity index (χ0v) is 10.1. The van der Waals surface area contributed by atoms with Gasteiger partial charge >= 0.3 is 0 Å². The highest BCUT2D eigenvalue weighted by Crippen LogP contribution is 2.20. The summed E-state index contributed by atoms with van der Waals surface area (Å²) in [7, 11) is 0. The molecule has 3 heteroatoms. The maximum Gasteiger partial charge on any atom is 0.0880 e. The van der Waals surface area contributed by atoms with Crippen LogP contribution in [-0.4, -0.2) is 15.0 Å². The Balaban J connectivity index is 2.79. The lowest BCUT2D eigenvalue weighted by atomic mass is 9.93. The lowest BCUT2D eigenvalue weighted by Gasteiger charge is -2.17. The van der Waals surface area contributed by atoms with Gasteiger partial charge in [-0.3, -0.25) is 4.68 Å². The van der Waals surface area contributed by atoms with E-state index in [-0.39, 0.29) is 10.8 Å². The van der Waals surface area contributed by atoms with Gasteiger partial charge in [0, 0.05) is 18.2 Å². The first kappa shape index (κ1) is 11.2. The van der Waals surface area contributed by atoms with Crippen LogP contribution in [0.3, 0.4) is 0 Å². The number of hydrogen-bond acceptors (Lipinski definition) is 2. The molecule has 80 valence electrons. The Morgan fingerprint density at radius 2 is 1.71 bits per heavy atom. The minimum Gasteiger partial charge on any atom is -0.252 e. The SMILES string of the molecule is CC(C)(C)Cn1cc(C(C)(C)C)nn1. The van der Waals surface area contributed by atoms with Crippen molar-refractivity contribution in [3.05, 3.63) is 11.9 Å². The zero-order chi connectivity index (χ0) is 11.0. The van der Waals surface area contributed by atoms with E-state index in [1.807, 2.05) is 10.9 Å². The largest absolute Gasteiger partial charge is 0.252 e. The van der Waals surface area contributed by atoms with E-state index in [0.717, 1.165) is 12.2 Å². The Kier molecular flexibility index (Phi) is 2.70. The van der Waals surface area contributed by atoms with Crippen molar-refractivity contribution >= 4 is 0 Å². The first-order chi connectivity index (χ1) is 6.18. The average Bonchev–Trinajstić information content (AvgIpc) is 2.29. The van der Waals surface area contributed by atoms with E-state index in [1.165, 1.54) is 0 Å². The minimum absolute atomic E-state index is 0.0934. The van der Waals surface area contributed by atoms with Crippen molar-refractivity contribution in [3.8, 4) is 0 Å². The molecule has 1 aromatic heterocycles. The van der Waals surface area contributed by atoms with Crippen molar-refractivity contribution < 1.29 is 0 Å². The maximum absolute atomic E-state index is 4.18. The monoisotopic (exact) mass is 195 g/mol. The fraction of sp³-hybridized carbons (Fsp3) is 0.818. The van der Waals surface area contributed by atoms with Gasteiger partial charge < -0.3 is 0 Å². The lowest BCUT2D eigenvalue weighted by Crippen LogP contribution is -2.16. The van der Waals surface area contributed by atoms with Crippen LogP contribution in [0.2, 0.25) is 0 Å². The molecule has 0 aromatic carbocycles. The molecule has 0 spiro atoms. The van der Waals surface area contributed by atoms with Crippen LogP contribution in [0, 0.1) is 5.41 Å². The van der Waals surface area contributed by atoms with Gasteiger partial charge in [-0.15, -0.1) is 5.10 Å². The van der Waals surface area contributed by atoms with Gasteiger partial charge in [-0.25, -0.2) is 0 Å². The van der Waals surface area contributed by atoms with Crippen LogP contribution in [0.15, 0.2) is 6.20 Å². The van der Waals surface area contributed by atoms with Crippen molar-refractivity contribution in [1.29, 1.82) is 0 Å². The molecule has 0 atom stereocenters. The van der Waals surface area contributed by atoms with Crippen LogP contribution in [-0.2, 0) is 12.0 Å². The first-order valence-corrected chi connectivity index (χ1v) is 5.09. The molecule has 1 heterocycles. The van der Waals surface area contributed by atoms with Crippen molar-refractivity contribution in [2.24, 2.45) is 5.41 Å². The lowest BCUT2D eigenvalue weighted by molar-refractivity contribution is 0.321. The van der Waals surface area contributed by atoms with E-state index in [1.54, 1.807) is 0 Å². The van der Waals surface area contributed by atoms with E-state index in [4.69, 9.17) is 0 Å². The van der Waals surface area contributed by atoms with E-state index >= 15 is 0 Å². The summed E-state index contributed by atoms with van der Waals surface area (Å²) in [5.41, 5.74) is 1.40. The van der Waals surface area contributed by atoms with Crippen LogP contribution >= 0.6 is 0 Å². The summed E-state index contributed by atoms with van der Waals surface area (Å²) in [5.74, 6) is 0. The highest BCUT2D eigenvalue weighted by Gasteiger charge is 2.19. The summed E-state index contributed by atoms with van der Waals surface area (Å²) >= 11 is 0. The Morgan fingerprint density at radius 3 is 2.07 bits per heavy atom. The van der Waals surface area contributed by atoms with Crippen molar-refractivity contribution in [2.75, 3.05) is 0 Å². The fourth-order valence-electron chi connectivity index (χ4n) is 1.21. The molecular formula is C11H21N3. The predicted molar refractivity (Wildman–Crippen MR) is 58.2 cm³/mol. The van der Waals surface area contributed by atoms with Crippen molar-refractivity contribution in [2.45, 2.75) is 53.5 Å². The molecule has 0 unspecified atom stereocenters. The van der Waals surface area contributed by atoms with E-state index in [2.05, 4.69) is 51.9 Å². The Bertz CT molecular complexity index is 299. The molecule has 0 aliphatic carbocycles. The van der Waals surface area contributed by atoms with Gasteiger partial charge in [0.15, 0.2) is 0 Å². The molecule has 0 radical (unpaired) electrons. The van der Waals surface area contributed by atoms with Gasteiger partial charge in [0.25, 0.3) is 0 Å². The molecule has 0 bridgehead atoms. The molecule has 0 N–H and O–H groups in total. The normalized spacial score (nSPS) is 13.3. The second-order valence-corrected chi connectivity index (χ2v) is 6.11. The maximum atomic E-state index is 4.18. The van der Waals surface area contributed by atoms with Gasteiger partial charge in [0.1, 0.15) is 0 Å². The minimum atomic E-state index is 0.0934. The fourth-order valence-corrected chi connectivity index (χ4v) is 1.21. The van der Waals surface area contributed by atoms with E-state index in [9.17, 15) is 0 Å². The van der Waals surface area contributed by atoms with Crippen molar-refractivity contribution in [1.82, 2.24) is 15.0 Å². The predicted octanol–water partition coefficient (Wildman–Crippen LogP) is 2.62. The molecule has 1 rings (SSSR count). The van der Waals surface area contributed by atoms with Crippen LogP contribution in [0.25, 0.3) is 0 Å². The Morgan fingerprint density at radius 1 is 1.14 bits per heavy atom. The molecule has 1 aromatic rings. The molecule has 0 amide bonds. The molecule has 0 saturated heterocycles. The zero-order valence-electron chi connectivity index (χ0n) is 10.1. The number of aromatic nitrogens is 3. The number of rotatable bonds is 1. The molecular weight excluding hydrogens is 174 g/mol. The summed E-state index contributed by atoms with van der Waals surface area (Å²) in [5, 5.41) is 8.32. The summed E-state index contributed by atoms with van der Waals surface area (Å²) < 4.78 is 1.93. The number of hydrogen-bond donors (Lipinski definition) is 0. The molecule has 14 heavy (non-hydrogen) atoms. The van der Waals surface area contributed by atoms with Crippen LogP contribution in [0.4, 0.5) is 0 Å². The van der Waals surface area contributed by atoms with Crippen LogP contribution < -0.4 is 0 Å². The Labute approximate surface area is 86.5 Å². The summed E-state index contributed by atoms with van der Waals surface area (Å²) in [4.78, 5) is 0. The van der Waals surface area contributed by atoms with Crippen molar-refractivity contribution in [3.63, 3.8) is 0 Å². The summed E-state index contributed by atoms with van der Waals surface area (Å²) in [6.45, 7) is 14.0. The molecule has 0 saturated carbocycles. The number of nitrogens with zero attached hydrogens (tertiary/aromatic N) is 3. The smallest absolute Gasteiger partial charge is 0.0880 e. The van der Waals surface area contributed by atoms with Gasteiger partial charge in [-0.1, -0.05) is 46.8 Å². The van der Waals surface area contributed by atoms with Gasteiger partial charge in [0.2, 0.25) is 0 Å². The Hall–Kier alpha value is -0.860. The summed E-state index contributed by atoms with van der Waals surface area (Å²) in [6.07, 6.45) is 2.05. The van der Waals surface area contributed by atoms with E-state index in [0.29, 0.717) is 0 Å². The molecule has 0 fully saturated rings. The third kappa shape index (κ3) is 3.13. The van der Waals surface area contributed by atoms with Crippen LogP contribution in [0.1, 0.15) is 47.2 Å². The second-order valence-electron chi connectivity index (χ2n) is 6.11. The van der Waals surface area contributed by atoms with E-state index < -0.39 is 0 Å². The average molecular weight is 195 g/mol. The third-order valence-electron chi connectivity index (χ3n) is 1.94. The quantitative estimate of drug-likeness (QED) is 0.689. The first-order valence-electron chi connectivity index (χ1n) is 5.09. The molecule has 0 aliphatic heterocycles. The van der Waals surface area contributed by atoms with Gasteiger partial charge in [-0.2, -0.15) is 0 Å².